The van der Waals surface area contributed by atoms with Crippen LogP contribution in [-0.2, 0) is 42.9 Å². The van der Waals surface area contributed by atoms with Crippen LogP contribution in [0.5, 0.6) is 0 Å². The molecule has 0 amide bonds. The molecule has 0 aromatic carbocycles. The number of hydrogen-bond donors (Lipinski definition) is 1. The topological polar surface area (TPSA) is 135 Å². The normalized spacial score (nSPS) is 45.3. The summed E-state index contributed by atoms with van der Waals surface area (Å²) in [4.78, 5) is 50.0. The summed E-state index contributed by atoms with van der Waals surface area (Å²) >= 11 is 6.84. The van der Waals surface area contributed by atoms with Gasteiger partial charge in [0.1, 0.15) is 29.3 Å². The van der Waals surface area contributed by atoms with Gasteiger partial charge in [0.15, 0.2) is 11.7 Å². The number of rotatable bonds is 4. The zero-order valence-corrected chi connectivity index (χ0v) is 22.3. The number of aliphatic hydroxyl groups excluding tert-OH is 1. The summed E-state index contributed by atoms with van der Waals surface area (Å²) in [6.07, 6.45) is -0.320. The molecule has 4 aliphatic rings. The number of aliphatic hydroxyl groups is 1. The molecule has 2 bridgehead atoms. The predicted octanol–water partition coefficient (Wildman–Crippen LogP) is 1.99. The average molecular weight is 541 g/mol. The van der Waals surface area contributed by atoms with Crippen LogP contribution in [-0.4, -0.2) is 76.6 Å². The lowest BCUT2D eigenvalue weighted by molar-refractivity contribution is -0.226. The number of carbonyl (C=O) groups excluding carboxylic acids is 4. The molecule has 0 radical (unpaired) electrons. The fraction of sp³-hybridized carbons (Fsp3) is 0.692. The molecule has 11 heteroatoms. The molecule has 2 saturated heterocycles. The van der Waals surface area contributed by atoms with Crippen LogP contribution in [0.3, 0.4) is 0 Å². The van der Waals surface area contributed by atoms with Gasteiger partial charge in [-0.25, -0.2) is 0 Å². The highest BCUT2D eigenvalue weighted by Gasteiger charge is 2.77. The minimum Gasteiger partial charge on any atom is -0.462 e. The minimum atomic E-state index is -1.62. The van der Waals surface area contributed by atoms with Crippen molar-refractivity contribution in [3.05, 3.63) is 24.3 Å². The highest BCUT2D eigenvalue weighted by atomic mass is 35.5. The summed E-state index contributed by atoms with van der Waals surface area (Å²) in [5, 5.41) is 9.46. The Bertz CT molecular complexity index is 1060. The second kappa shape index (κ2) is 9.39. The van der Waals surface area contributed by atoms with Gasteiger partial charge in [0.25, 0.3) is 0 Å². The molecule has 204 valence electrons. The Morgan fingerprint density at radius 1 is 1.16 bits per heavy atom. The molecule has 1 aliphatic carbocycles. The molecule has 0 unspecified atom stereocenters. The van der Waals surface area contributed by atoms with Crippen molar-refractivity contribution in [3.63, 3.8) is 0 Å². The van der Waals surface area contributed by atoms with Crippen LogP contribution in [0.1, 0.15) is 47.5 Å². The monoisotopic (exact) mass is 540 g/mol. The molecule has 3 fully saturated rings. The Morgan fingerprint density at radius 2 is 1.78 bits per heavy atom. The predicted molar refractivity (Wildman–Crippen MR) is 128 cm³/mol. The van der Waals surface area contributed by atoms with Crippen molar-refractivity contribution in [2.24, 2.45) is 17.3 Å². The number of hydrogen-bond acceptors (Lipinski definition) is 10. The number of halogens is 1. The molecule has 1 N–H and O–H groups in total. The van der Waals surface area contributed by atoms with Crippen LogP contribution in [0.4, 0.5) is 0 Å². The molecule has 0 aromatic heterocycles. The SMILES string of the molecule is C=C1CC[C@@H](OC(C)=O)[C@@]2(C)[C@H](OC(C)=O)/C=C\[C@@]3(CO)O[C@@]4([C@H](C)C(=O)O[C@@H]4[C@@H]3Cl)[C@H](OC(C)=O)[C@H]12. The second-order valence-corrected chi connectivity index (χ2v) is 11.1. The van der Waals surface area contributed by atoms with E-state index in [1.165, 1.54) is 26.8 Å². The number of fused-ring (bicyclic) bond motifs is 2. The van der Waals surface area contributed by atoms with E-state index in [-0.39, 0.29) is 0 Å². The van der Waals surface area contributed by atoms with E-state index >= 15 is 0 Å². The first-order valence-electron chi connectivity index (χ1n) is 12.3. The molecule has 10 atom stereocenters. The van der Waals surface area contributed by atoms with E-state index in [0.717, 1.165) is 0 Å². The van der Waals surface area contributed by atoms with Gasteiger partial charge in [-0.2, -0.15) is 0 Å². The Balaban J connectivity index is 2.06. The maximum atomic E-state index is 12.9. The molecular formula is C26H33ClO10. The number of carbonyl (C=O) groups is 4. The Morgan fingerprint density at radius 3 is 2.35 bits per heavy atom. The molecule has 1 saturated carbocycles. The van der Waals surface area contributed by atoms with Crippen LogP contribution in [0.2, 0.25) is 0 Å². The first kappa shape index (κ1) is 27.6. The van der Waals surface area contributed by atoms with Gasteiger partial charge in [0.05, 0.1) is 17.9 Å². The molecule has 1 spiro atoms. The van der Waals surface area contributed by atoms with E-state index in [1.54, 1.807) is 19.9 Å². The Labute approximate surface area is 220 Å². The van der Waals surface area contributed by atoms with Crippen molar-refractivity contribution >= 4 is 35.5 Å². The van der Waals surface area contributed by atoms with Gasteiger partial charge in [0, 0.05) is 26.7 Å². The number of esters is 4. The van der Waals surface area contributed by atoms with Gasteiger partial charge in [-0.05, 0) is 31.9 Å². The summed E-state index contributed by atoms with van der Waals surface area (Å²) < 4.78 is 29.8. The maximum Gasteiger partial charge on any atom is 0.312 e. The summed E-state index contributed by atoms with van der Waals surface area (Å²) in [6.45, 7) is 10.8. The second-order valence-electron chi connectivity index (χ2n) is 10.6. The van der Waals surface area contributed by atoms with Crippen LogP contribution < -0.4 is 0 Å². The van der Waals surface area contributed by atoms with Crippen molar-refractivity contribution in [1.29, 1.82) is 0 Å². The fourth-order valence-corrected chi connectivity index (χ4v) is 7.14. The van der Waals surface area contributed by atoms with Gasteiger partial charge >= 0.3 is 23.9 Å². The molecule has 3 heterocycles. The van der Waals surface area contributed by atoms with Gasteiger partial charge in [-0.1, -0.05) is 19.1 Å². The van der Waals surface area contributed by atoms with E-state index < -0.39 is 88.7 Å². The van der Waals surface area contributed by atoms with Gasteiger partial charge in [-0.3, -0.25) is 19.2 Å². The molecule has 10 nitrogen and oxygen atoms in total. The van der Waals surface area contributed by atoms with E-state index in [2.05, 4.69) is 6.58 Å². The largest absolute Gasteiger partial charge is 0.462 e. The third-order valence-electron chi connectivity index (χ3n) is 8.40. The lowest BCUT2D eigenvalue weighted by Gasteiger charge is -2.54. The first-order valence-corrected chi connectivity index (χ1v) is 12.7. The lowest BCUT2D eigenvalue weighted by Crippen LogP contribution is -2.65. The van der Waals surface area contributed by atoms with Crippen molar-refractivity contribution < 1.29 is 48.0 Å². The summed E-state index contributed by atoms with van der Waals surface area (Å²) in [5.74, 6) is -4.20. The van der Waals surface area contributed by atoms with E-state index in [1.807, 2.05) is 0 Å². The highest BCUT2D eigenvalue weighted by molar-refractivity contribution is 6.22. The van der Waals surface area contributed by atoms with Gasteiger partial charge < -0.3 is 28.8 Å². The third-order valence-corrected chi connectivity index (χ3v) is 9.00. The van der Waals surface area contributed by atoms with Gasteiger partial charge in [0.2, 0.25) is 0 Å². The van der Waals surface area contributed by atoms with E-state index in [0.29, 0.717) is 18.4 Å². The summed E-state index contributed by atoms with van der Waals surface area (Å²) in [7, 11) is 0. The molecule has 4 rings (SSSR count). The third kappa shape index (κ3) is 3.99. The summed E-state index contributed by atoms with van der Waals surface area (Å²) in [6, 6.07) is 0. The van der Waals surface area contributed by atoms with E-state index in [9.17, 15) is 24.3 Å². The standard InChI is InChI=1S/C26H33ClO10/c1-12-7-8-17(33-14(3)29)24(6)18(34-15(4)30)9-10-25(11-28)20(27)22-26(37-25,13(2)23(32)36-22)21(19(12)24)35-16(5)31/h9-10,13,17-22,28H,1,7-8,11H2,2-6H3/b10-9-/t13-,17-,18-,19+,20+,21-,22-,24+,25+,26+/m1/s1. The van der Waals surface area contributed by atoms with Crippen LogP contribution in [0, 0.1) is 17.3 Å². The van der Waals surface area contributed by atoms with Crippen LogP contribution >= 0.6 is 11.6 Å². The number of alkyl halides is 1. The number of ether oxygens (including phenoxy) is 5. The van der Waals surface area contributed by atoms with Crippen molar-refractivity contribution in [3.8, 4) is 0 Å². The maximum absolute atomic E-state index is 12.9. The van der Waals surface area contributed by atoms with E-state index in [4.69, 9.17) is 35.3 Å². The summed E-state index contributed by atoms with van der Waals surface area (Å²) in [5.41, 5.74) is -3.79. The highest BCUT2D eigenvalue weighted by Crippen LogP contribution is 2.61. The Kier molecular flexibility index (Phi) is 7.01. The molecular weight excluding hydrogens is 508 g/mol. The lowest BCUT2D eigenvalue weighted by atomic mass is 9.55. The van der Waals surface area contributed by atoms with Crippen molar-refractivity contribution in [1.82, 2.24) is 0 Å². The fourth-order valence-electron chi connectivity index (χ4n) is 6.70. The average Bonchev–Trinajstić information content (AvgIpc) is 3.21. The van der Waals surface area contributed by atoms with Crippen LogP contribution in [0.15, 0.2) is 24.3 Å². The quantitative estimate of drug-likeness (QED) is 0.244. The first-order chi connectivity index (χ1) is 17.2. The molecule has 37 heavy (non-hydrogen) atoms. The smallest absolute Gasteiger partial charge is 0.312 e. The van der Waals surface area contributed by atoms with Crippen molar-refractivity contribution in [2.45, 2.75) is 88.5 Å². The zero-order chi connectivity index (χ0) is 27.5. The van der Waals surface area contributed by atoms with Crippen LogP contribution in [0.25, 0.3) is 0 Å². The molecule has 3 aliphatic heterocycles. The minimum absolute atomic E-state index is 0.370. The zero-order valence-electron chi connectivity index (χ0n) is 21.5. The Hall–Kier alpha value is -2.43. The van der Waals surface area contributed by atoms with Gasteiger partial charge in [-0.15, -0.1) is 11.6 Å². The molecule has 0 aromatic rings. The van der Waals surface area contributed by atoms with Crippen molar-refractivity contribution in [2.75, 3.05) is 6.61 Å².